The second kappa shape index (κ2) is 4.45. The molecule has 1 N–H and O–H groups in total. The average molecular weight is 277 g/mol. The number of thiophene rings is 1. The third-order valence-electron chi connectivity index (χ3n) is 1.92. The molecule has 0 fully saturated rings. The van der Waals surface area contributed by atoms with Crippen LogP contribution in [0.25, 0.3) is 0 Å². The molecule has 0 aromatic carbocycles. The molecule has 16 heavy (non-hydrogen) atoms. The molecule has 0 bridgehead atoms. The molecule has 0 spiro atoms. The highest BCUT2D eigenvalue weighted by Crippen LogP contribution is 2.21. The highest BCUT2D eigenvalue weighted by molar-refractivity contribution is 7.16. The van der Waals surface area contributed by atoms with Gasteiger partial charge in [0.2, 0.25) is 0 Å². The lowest BCUT2D eigenvalue weighted by atomic mass is 10.4. The maximum atomic E-state index is 11.4. The lowest BCUT2D eigenvalue weighted by molar-refractivity contribution is 0.729. The number of nitrogens with zero attached hydrogens (tertiary/aromatic N) is 1. The smallest absolute Gasteiger partial charge is 0.294 e. The van der Waals surface area contributed by atoms with Crippen LogP contribution >= 0.6 is 34.5 Å². The van der Waals surface area contributed by atoms with E-state index in [0.717, 1.165) is 4.88 Å². The zero-order chi connectivity index (χ0) is 11.7. The maximum absolute atomic E-state index is 11.4. The van der Waals surface area contributed by atoms with E-state index in [-0.39, 0.29) is 5.02 Å². The van der Waals surface area contributed by atoms with Crippen LogP contribution in [0.4, 0.5) is 0 Å². The summed E-state index contributed by atoms with van der Waals surface area (Å²) in [6.07, 6.45) is 1.32. The Morgan fingerprint density at radius 3 is 2.69 bits per heavy atom. The number of hydrogen-bond acceptors (Lipinski definition) is 3. The molecule has 0 aliphatic carbocycles. The van der Waals surface area contributed by atoms with Crippen molar-refractivity contribution >= 4 is 34.5 Å². The summed E-state index contributed by atoms with van der Waals surface area (Å²) in [4.78, 5) is 25.5. The van der Waals surface area contributed by atoms with Crippen LogP contribution in [-0.4, -0.2) is 9.55 Å². The molecule has 7 heteroatoms. The van der Waals surface area contributed by atoms with Gasteiger partial charge in [-0.05, 0) is 12.1 Å². The zero-order valence-corrected chi connectivity index (χ0v) is 10.2. The van der Waals surface area contributed by atoms with E-state index >= 15 is 0 Å². The first-order chi connectivity index (χ1) is 7.56. The molecule has 0 unspecified atom stereocenters. The van der Waals surface area contributed by atoms with E-state index in [1.54, 1.807) is 6.07 Å². The fraction of sp³-hybridized carbons (Fsp3) is 0.111. The Balaban J connectivity index is 2.39. The highest BCUT2D eigenvalue weighted by Gasteiger charge is 2.04. The molecule has 0 radical (unpaired) electrons. The van der Waals surface area contributed by atoms with Crippen LogP contribution in [0.2, 0.25) is 9.36 Å². The van der Waals surface area contributed by atoms with Crippen molar-refractivity contribution in [3.8, 4) is 0 Å². The average Bonchev–Trinajstić information content (AvgIpc) is 2.60. The van der Waals surface area contributed by atoms with Gasteiger partial charge in [0, 0.05) is 11.1 Å². The zero-order valence-electron chi connectivity index (χ0n) is 7.87. The van der Waals surface area contributed by atoms with E-state index in [9.17, 15) is 9.59 Å². The minimum Gasteiger partial charge on any atom is -0.294 e. The molecular weight excluding hydrogens is 271 g/mol. The summed E-state index contributed by atoms with van der Waals surface area (Å²) in [6, 6.07) is 3.57. The molecule has 2 aromatic rings. The minimum absolute atomic E-state index is 0.0118. The molecule has 2 aromatic heterocycles. The predicted molar refractivity (Wildman–Crippen MR) is 64.8 cm³/mol. The van der Waals surface area contributed by atoms with Gasteiger partial charge in [0.15, 0.2) is 0 Å². The van der Waals surface area contributed by atoms with E-state index in [1.165, 1.54) is 22.1 Å². The van der Waals surface area contributed by atoms with Crippen molar-refractivity contribution in [2.75, 3.05) is 0 Å². The lowest BCUT2D eigenvalue weighted by Crippen LogP contribution is -2.29. The second-order valence-corrected chi connectivity index (χ2v) is 5.28. The minimum atomic E-state index is -0.577. The van der Waals surface area contributed by atoms with Gasteiger partial charge in [0.25, 0.3) is 5.56 Å². The number of rotatable bonds is 2. The van der Waals surface area contributed by atoms with Crippen molar-refractivity contribution in [1.29, 1.82) is 0 Å². The summed E-state index contributed by atoms with van der Waals surface area (Å²) in [6.45, 7) is 0.340. The van der Waals surface area contributed by atoms with Gasteiger partial charge < -0.3 is 0 Å². The van der Waals surface area contributed by atoms with Gasteiger partial charge in [0.05, 0.1) is 10.9 Å². The Morgan fingerprint density at radius 2 is 2.06 bits per heavy atom. The van der Waals surface area contributed by atoms with Crippen LogP contribution < -0.4 is 11.2 Å². The monoisotopic (exact) mass is 276 g/mol. The maximum Gasteiger partial charge on any atom is 0.328 e. The standard InChI is InChI=1S/C9H6Cl2N2O2S/c10-6-4-13(9(15)12-8(6)14)3-5-1-2-7(11)16-5/h1-2,4H,3H2,(H,12,14,15). The molecule has 2 heterocycles. The molecule has 0 saturated heterocycles. The Kier molecular flexibility index (Phi) is 3.18. The fourth-order valence-electron chi connectivity index (χ4n) is 1.20. The van der Waals surface area contributed by atoms with Crippen molar-refractivity contribution in [2.24, 2.45) is 0 Å². The third kappa shape index (κ3) is 2.37. The Morgan fingerprint density at radius 1 is 1.31 bits per heavy atom. The van der Waals surface area contributed by atoms with Crippen molar-refractivity contribution < 1.29 is 0 Å². The van der Waals surface area contributed by atoms with E-state index in [1.807, 2.05) is 6.07 Å². The van der Waals surface area contributed by atoms with Gasteiger partial charge in [-0.25, -0.2) is 4.79 Å². The molecule has 0 aliphatic rings. The molecule has 0 amide bonds. The summed E-state index contributed by atoms with van der Waals surface area (Å²) >= 11 is 12.8. The van der Waals surface area contributed by atoms with Gasteiger partial charge in [-0.15, -0.1) is 11.3 Å². The van der Waals surface area contributed by atoms with Gasteiger partial charge in [0.1, 0.15) is 5.02 Å². The molecule has 0 saturated carbocycles. The van der Waals surface area contributed by atoms with E-state index in [4.69, 9.17) is 23.2 Å². The number of aromatic amines is 1. The van der Waals surface area contributed by atoms with Crippen molar-refractivity contribution in [3.63, 3.8) is 0 Å². The van der Waals surface area contributed by atoms with Crippen LogP contribution in [0, 0.1) is 0 Å². The molecule has 2 rings (SSSR count). The molecule has 0 atom stereocenters. The van der Waals surface area contributed by atoms with Crippen LogP contribution in [0.15, 0.2) is 27.9 Å². The van der Waals surface area contributed by atoms with Gasteiger partial charge in [-0.2, -0.15) is 0 Å². The Hall–Kier alpha value is -1.04. The third-order valence-corrected chi connectivity index (χ3v) is 3.41. The number of aromatic nitrogens is 2. The summed E-state index contributed by atoms with van der Waals surface area (Å²) in [5, 5.41) is -0.0118. The van der Waals surface area contributed by atoms with E-state index in [0.29, 0.717) is 10.9 Å². The quantitative estimate of drug-likeness (QED) is 0.912. The topological polar surface area (TPSA) is 54.9 Å². The van der Waals surface area contributed by atoms with Gasteiger partial charge >= 0.3 is 5.69 Å². The first kappa shape index (κ1) is 11.4. The van der Waals surface area contributed by atoms with Crippen LogP contribution in [0.3, 0.4) is 0 Å². The lowest BCUT2D eigenvalue weighted by Gasteiger charge is -2.02. The Bertz CT molecular complexity index is 629. The molecule has 0 aliphatic heterocycles. The van der Waals surface area contributed by atoms with E-state index < -0.39 is 11.2 Å². The molecule has 4 nitrogen and oxygen atoms in total. The summed E-state index contributed by atoms with van der Waals surface area (Å²) in [7, 11) is 0. The van der Waals surface area contributed by atoms with Gasteiger partial charge in [-0.1, -0.05) is 23.2 Å². The second-order valence-electron chi connectivity index (χ2n) is 3.07. The summed E-state index contributed by atoms with van der Waals surface area (Å²) in [5.41, 5.74) is -1.06. The molecule has 84 valence electrons. The van der Waals surface area contributed by atoms with Crippen LogP contribution in [-0.2, 0) is 6.54 Å². The first-order valence-electron chi connectivity index (χ1n) is 4.30. The first-order valence-corrected chi connectivity index (χ1v) is 5.87. The van der Waals surface area contributed by atoms with Crippen LogP contribution in [0.5, 0.6) is 0 Å². The van der Waals surface area contributed by atoms with Crippen molar-refractivity contribution in [1.82, 2.24) is 9.55 Å². The predicted octanol–water partition coefficient (Wildman–Crippen LogP) is 1.95. The molecular formula is C9H6Cl2N2O2S. The van der Waals surface area contributed by atoms with E-state index in [2.05, 4.69) is 4.98 Å². The van der Waals surface area contributed by atoms with Crippen LogP contribution in [0.1, 0.15) is 4.88 Å². The Labute approximate surface area is 104 Å². The SMILES string of the molecule is O=c1[nH]c(=O)n(Cc2ccc(Cl)s2)cc1Cl. The number of H-pyrrole nitrogens is 1. The fourth-order valence-corrected chi connectivity index (χ4v) is 2.46. The number of hydrogen-bond donors (Lipinski definition) is 1. The number of nitrogens with one attached hydrogen (secondary N) is 1. The summed E-state index contributed by atoms with van der Waals surface area (Å²) < 4.78 is 1.98. The van der Waals surface area contributed by atoms with Crippen molar-refractivity contribution in [3.05, 3.63) is 53.4 Å². The van der Waals surface area contributed by atoms with Crippen molar-refractivity contribution in [2.45, 2.75) is 6.54 Å². The van der Waals surface area contributed by atoms with Gasteiger partial charge in [-0.3, -0.25) is 14.3 Å². The summed E-state index contributed by atoms with van der Waals surface area (Å²) in [5.74, 6) is 0. The normalized spacial score (nSPS) is 10.6. The highest BCUT2D eigenvalue weighted by atomic mass is 35.5. The largest absolute Gasteiger partial charge is 0.328 e. The number of halogens is 2.